The minimum atomic E-state index is -4.49. The van der Waals surface area contributed by atoms with E-state index >= 15 is 0 Å². The molecule has 20 heavy (non-hydrogen) atoms. The fourth-order valence-electron chi connectivity index (χ4n) is 1.68. The standard InChI is InChI=1S/C12H15ClF3N3O/c1-7(11(20)17-2)6-19(3)10-5-8(12(14,15)16)4-9(13)18-10/h4-5,7H,6H2,1-3H3,(H,17,20). The number of aromatic nitrogens is 1. The van der Waals surface area contributed by atoms with E-state index in [0.29, 0.717) is 0 Å². The molecule has 0 aromatic carbocycles. The Morgan fingerprint density at radius 2 is 2.10 bits per heavy atom. The fourth-order valence-corrected chi connectivity index (χ4v) is 1.88. The lowest BCUT2D eigenvalue weighted by atomic mass is 10.1. The summed E-state index contributed by atoms with van der Waals surface area (Å²) in [6, 6.07) is 1.67. The Morgan fingerprint density at radius 1 is 1.50 bits per heavy atom. The van der Waals surface area contributed by atoms with Gasteiger partial charge in [-0.2, -0.15) is 13.2 Å². The van der Waals surface area contributed by atoms with Gasteiger partial charge in [-0.25, -0.2) is 4.98 Å². The van der Waals surface area contributed by atoms with Gasteiger partial charge in [0.2, 0.25) is 5.91 Å². The Balaban J connectivity index is 2.96. The van der Waals surface area contributed by atoms with E-state index in [1.165, 1.54) is 11.9 Å². The van der Waals surface area contributed by atoms with E-state index in [1.54, 1.807) is 14.0 Å². The number of amides is 1. The second kappa shape index (κ2) is 6.30. The van der Waals surface area contributed by atoms with Gasteiger partial charge < -0.3 is 10.2 Å². The molecule has 0 radical (unpaired) electrons. The minimum absolute atomic E-state index is 0.0700. The van der Waals surface area contributed by atoms with Gasteiger partial charge in [-0.05, 0) is 12.1 Å². The number of halogens is 4. The van der Waals surface area contributed by atoms with Crippen LogP contribution in [0.1, 0.15) is 12.5 Å². The molecule has 8 heteroatoms. The Labute approximate surface area is 119 Å². The molecule has 0 aliphatic carbocycles. The fraction of sp³-hybridized carbons (Fsp3) is 0.500. The molecule has 1 aromatic heterocycles. The first kappa shape index (κ1) is 16.6. The number of carbonyl (C=O) groups excluding carboxylic acids is 1. The molecule has 0 aliphatic heterocycles. The van der Waals surface area contributed by atoms with Gasteiger partial charge in [-0.1, -0.05) is 18.5 Å². The van der Waals surface area contributed by atoms with Crippen molar-refractivity contribution in [2.24, 2.45) is 5.92 Å². The SMILES string of the molecule is CNC(=O)C(C)CN(C)c1cc(C(F)(F)F)cc(Cl)n1. The van der Waals surface area contributed by atoms with Crippen LogP contribution in [0.2, 0.25) is 5.15 Å². The summed E-state index contributed by atoms with van der Waals surface area (Å²) in [5.41, 5.74) is -0.869. The zero-order chi connectivity index (χ0) is 15.5. The highest BCUT2D eigenvalue weighted by atomic mass is 35.5. The molecular weight excluding hydrogens is 295 g/mol. The molecule has 1 N–H and O–H groups in total. The van der Waals surface area contributed by atoms with Crippen molar-refractivity contribution in [3.8, 4) is 0 Å². The minimum Gasteiger partial charge on any atom is -0.359 e. The summed E-state index contributed by atoms with van der Waals surface area (Å²) in [6.07, 6.45) is -4.49. The lowest BCUT2D eigenvalue weighted by molar-refractivity contribution is -0.137. The molecule has 0 saturated heterocycles. The monoisotopic (exact) mass is 309 g/mol. The molecule has 0 spiro atoms. The summed E-state index contributed by atoms with van der Waals surface area (Å²) >= 11 is 5.61. The molecule has 0 fully saturated rings. The van der Waals surface area contributed by atoms with Crippen molar-refractivity contribution in [1.82, 2.24) is 10.3 Å². The van der Waals surface area contributed by atoms with Crippen molar-refractivity contribution in [2.45, 2.75) is 13.1 Å². The van der Waals surface area contributed by atoms with E-state index in [4.69, 9.17) is 11.6 Å². The highest BCUT2D eigenvalue weighted by molar-refractivity contribution is 6.29. The highest BCUT2D eigenvalue weighted by Crippen LogP contribution is 2.32. The van der Waals surface area contributed by atoms with Crippen molar-refractivity contribution >= 4 is 23.3 Å². The van der Waals surface area contributed by atoms with Crippen LogP contribution in [-0.2, 0) is 11.0 Å². The molecule has 112 valence electrons. The Hall–Kier alpha value is -1.50. The number of hydrogen-bond acceptors (Lipinski definition) is 3. The van der Waals surface area contributed by atoms with Crippen LogP contribution in [0.3, 0.4) is 0 Å². The Morgan fingerprint density at radius 3 is 2.60 bits per heavy atom. The lowest BCUT2D eigenvalue weighted by Crippen LogP contribution is -2.34. The van der Waals surface area contributed by atoms with E-state index in [2.05, 4.69) is 10.3 Å². The molecule has 0 saturated carbocycles. The largest absolute Gasteiger partial charge is 0.416 e. The Kier molecular flexibility index (Phi) is 5.21. The summed E-state index contributed by atoms with van der Waals surface area (Å²) < 4.78 is 38.1. The molecule has 0 bridgehead atoms. The normalized spacial score (nSPS) is 12.9. The second-order valence-electron chi connectivity index (χ2n) is 4.43. The van der Waals surface area contributed by atoms with E-state index in [1.807, 2.05) is 0 Å². The van der Waals surface area contributed by atoms with Gasteiger partial charge in [-0.3, -0.25) is 4.79 Å². The van der Waals surface area contributed by atoms with Gasteiger partial charge in [0.05, 0.1) is 11.5 Å². The van der Waals surface area contributed by atoms with Crippen molar-refractivity contribution in [1.29, 1.82) is 0 Å². The summed E-state index contributed by atoms with van der Waals surface area (Å²) in [5.74, 6) is -0.518. The number of pyridine rings is 1. The average molecular weight is 310 g/mol. The first-order valence-electron chi connectivity index (χ1n) is 5.82. The number of nitrogens with one attached hydrogen (secondary N) is 1. The molecule has 1 heterocycles. The number of carbonyl (C=O) groups is 1. The zero-order valence-electron chi connectivity index (χ0n) is 11.3. The summed E-state index contributed by atoms with van der Waals surface area (Å²) in [5, 5.41) is 2.24. The predicted octanol–water partition coefficient (Wildman–Crippen LogP) is 2.57. The predicted molar refractivity (Wildman–Crippen MR) is 70.7 cm³/mol. The molecular formula is C12H15ClF3N3O. The van der Waals surface area contributed by atoms with E-state index in [-0.39, 0.29) is 29.3 Å². The lowest BCUT2D eigenvalue weighted by Gasteiger charge is -2.22. The molecule has 0 aliphatic rings. The maximum absolute atomic E-state index is 12.7. The quantitative estimate of drug-likeness (QED) is 0.870. The van der Waals surface area contributed by atoms with Gasteiger partial charge in [0.15, 0.2) is 0 Å². The van der Waals surface area contributed by atoms with Gasteiger partial charge in [0.1, 0.15) is 11.0 Å². The first-order chi connectivity index (χ1) is 9.15. The topological polar surface area (TPSA) is 45.2 Å². The maximum atomic E-state index is 12.7. The second-order valence-corrected chi connectivity index (χ2v) is 4.82. The van der Waals surface area contributed by atoms with Crippen LogP contribution in [0, 0.1) is 5.92 Å². The number of alkyl halides is 3. The number of anilines is 1. The highest BCUT2D eigenvalue weighted by Gasteiger charge is 2.32. The van der Waals surface area contributed by atoms with Gasteiger partial charge in [-0.15, -0.1) is 0 Å². The van der Waals surface area contributed by atoms with Crippen LogP contribution >= 0.6 is 11.6 Å². The molecule has 1 aromatic rings. The van der Waals surface area contributed by atoms with Gasteiger partial charge >= 0.3 is 6.18 Å². The van der Waals surface area contributed by atoms with Crippen LogP contribution in [0.4, 0.5) is 19.0 Å². The number of hydrogen-bond donors (Lipinski definition) is 1. The first-order valence-corrected chi connectivity index (χ1v) is 6.20. The maximum Gasteiger partial charge on any atom is 0.416 e. The third kappa shape index (κ3) is 4.26. The van der Waals surface area contributed by atoms with Crippen LogP contribution < -0.4 is 10.2 Å². The van der Waals surface area contributed by atoms with E-state index in [0.717, 1.165) is 12.1 Å². The van der Waals surface area contributed by atoms with Crippen LogP contribution in [-0.4, -0.2) is 31.5 Å². The molecule has 1 unspecified atom stereocenters. The third-order valence-corrected chi connectivity index (χ3v) is 2.93. The van der Waals surface area contributed by atoms with Crippen molar-refractivity contribution in [2.75, 3.05) is 25.5 Å². The molecule has 4 nitrogen and oxygen atoms in total. The molecule has 1 rings (SSSR count). The van der Waals surface area contributed by atoms with Crippen molar-refractivity contribution in [3.63, 3.8) is 0 Å². The average Bonchev–Trinajstić information content (AvgIpc) is 2.35. The smallest absolute Gasteiger partial charge is 0.359 e. The van der Waals surface area contributed by atoms with Gasteiger partial charge in [0.25, 0.3) is 0 Å². The van der Waals surface area contributed by atoms with Crippen LogP contribution in [0.15, 0.2) is 12.1 Å². The molecule has 1 amide bonds. The van der Waals surface area contributed by atoms with Crippen molar-refractivity contribution in [3.05, 3.63) is 22.8 Å². The zero-order valence-corrected chi connectivity index (χ0v) is 12.0. The summed E-state index contributed by atoms with van der Waals surface area (Å²) in [6.45, 7) is 1.90. The van der Waals surface area contributed by atoms with Crippen LogP contribution in [0.5, 0.6) is 0 Å². The summed E-state index contributed by atoms with van der Waals surface area (Å²) in [7, 11) is 3.05. The number of rotatable bonds is 4. The third-order valence-electron chi connectivity index (χ3n) is 2.74. The van der Waals surface area contributed by atoms with E-state index < -0.39 is 11.7 Å². The van der Waals surface area contributed by atoms with Crippen molar-refractivity contribution < 1.29 is 18.0 Å². The van der Waals surface area contributed by atoms with Gasteiger partial charge in [0, 0.05) is 20.6 Å². The number of nitrogens with zero attached hydrogens (tertiary/aromatic N) is 2. The molecule has 1 atom stereocenters. The summed E-state index contributed by atoms with van der Waals surface area (Å²) in [4.78, 5) is 16.7. The van der Waals surface area contributed by atoms with Crippen LogP contribution in [0.25, 0.3) is 0 Å². The van der Waals surface area contributed by atoms with E-state index in [9.17, 15) is 18.0 Å². The Bertz CT molecular complexity index is 493.